The Morgan fingerprint density at radius 3 is 2.79 bits per heavy atom. The molecule has 130 valence electrons. The van der Waals surface area contributed by atoms with Crippen molar-refractivity contribution >= 4 is 23.6 Å². The van der Waals surface area contributed by atoms with E-state index in [9.17, 15) is 19.8 Å². The molecule has 1 aliphatic rings. The van der Waals surface area contributed by atoms with Crippen LogP contribution in [0.15, 0.2) is 35.1 Å². The molecule has 0 radical (unpaired) electrons. The van der Waals surface area contributed by atoms with E-state index >= 15 is 0 Å². The highest BCUT2D eigenvalue weighted by molar-refractivity contribution is 7.99. The minimum absolute atomic E-state index is 0.0327. The molecule has 1 aromatic heterocycles. The number of hydrogen-bond acceptors (Lipinski definition) is 5. The van der Waals surface area contributed by atoms with Crippen LogP contribution in [0.5, 0.6) is 5.75 Å². The van der Waals surface area contributed by atoms with Crippen LogP contribution in [-0.2, 0) is 9.59 Å². The molecule has 24 heavy (non-hydrogen) atoms. The van der Waals surface area contributed by atoms with Gasteiger partial charge in [0.05, 0.1) is 0 Å². The SMILES string of the molecule is CC1(C)CC1C(=O)NC(=CCCCSc1ncccc1O)C(=O)O. The smallest absolute Gasteiger partial charge is 0.352 e. The van der Waals surface area contributed by atoms with Crippen LogP contribution in [0.4, 0.5) is 0 Å². The number of thioether (sulfide) groups is 1. The Bertz CT molecular complexity index is 658. The second-order valence-electron chi connectivity index (χ2n) is 6.48. The molecule has 0 aliphatic heterocycles. The molecule has 1 aromatic rings. The number of nitrogens with zero attached hydrogens (tertiary/aromatic N) is 1. The second kappa shape index (κ2) is 7.70. The van der Waals surface area contributed by atoms with Crippen molar-refractivity contribution in [1.29, 1.82) is 0 Å². The number of carbonyl (C=O) groups excluding carboxylic acids is 1. The molecular formula is C17H22N2O4S. The molecule has 7 heteroatoms. The first-order valence-corrected chi connectivity index (χ1v) is 8.81. The number of aromatic nitrogens is 1. The first-order valence-electron chi connectivity index (χ1n) is 7.82. The van der Waals surface area contributed by atoms with E-state index in [2.05, 4.69) is 10.3 Å². The van der Waals surface area contributed by atoms with Gasteiger partial charge in [0.1, 0.15) is 16.5 Å². The monoisotopic (exact) mass is 350 g/mol. The van der Waals surface area contributed by atoms with Crippen LogP contribution in [0.3, 0.4) is 0 Å². The van der Waals surface area contributed by atoms with E-state index in [0.717, 1.165) is 6.42 Å². The average molecular weight is 350 g/mol. The van der Waals surface area contributed by atoms with E-state index < -0.39 is 5.97 Å². The minimum atomic E-state index is -1.13. The summed E-state index contributed by atoms with van der Waals surface area (Å²) in [5, 5.41) is 21.9. The molecule has 0 aromatic carbocycles. The van der Waals surface area contributed by atoms with Crippen LogP contribution in [0, 0.1) is 11.3 Å². The highest BCUT2D eigenvalue weighted by Gasteiger charge is 2.50. The summed E-state index contributed by atoms with van der Waals surface area (Å²) >= 11 is 1.41. The number of aliphatic carboxylic acids is 1. The van der Waals surface area contributed by atoms with Crippen LogP contribution in [0.25, 0.3) is 0 Å². The summed E-state index contributed by atoms with van der Waals surface area (Å²) in [6, 6.07) is 3.23. The Morgan fingerprint density at radius 1 is 1.50 bits per heavy atom. The van der Waals surface area contributed by atoms with Crippen molar-refractivity contribution < 1.29 is 19.8 Å². The van der Waals surface area contributed by atoms with E-state index in [1.807, 2.05) is 13.8 Å². The molecule has 1 amide bonds. The number of nitrogens with one attached hydrogen (secondary N) is 1. The molecule has 1 saturated carbocycles. The highest BCUT2D eigenvalue weighted by Crippen LogP contribution is 2.51. The molecule has 6 nitrogen and oxygen atoms in total. The summed E-state index contributed by atoms with van der Waals surface area (Å²) < 4.78 is 0. The average Bonchev–Trinajstić information content (AvgIpc) is 3.16. The molecule has 1 fully saturated rings. The van der Waals surface area contributed by atoms with Gasteiger partial charge in [-0.25, -0.2) is 9.78 Å². The number of amides is 1. The molecule has 1 heterocycles. The fraction of sp³-hybridized carbons (Fsp3) is 0.471. The number of carboxylic acid groups (broad SMARTS) is 1. The van der Waals surface area contributed by atoms with Crippen molar-refractivity contribution in [3.63, 3.8) is 0 Å². The van der Waals surface area contributed by atoms with Gasteiger partial charge in [-0.1, -0.05) is 19.9 Å². The Morgan fingerprint density at radius 2 is 2.21 bits per heavy atom. The van der Waals surface area contributed by atoms with Crippen LogP contribution in [-0.4, -0.2) is 32.8 Å². The van der Waals surface area contributed by atoms with Crippen molar-refractivity contribution in [2.75, 3.05) is 5.75 Å². The van der Waals surface area contributed by atoms with Gasteiger partial charge < -0.3 is 15.5 Å². The number of aromatic hydroxyl groups is 1. The fourth-order valence-electron chi connectivity index (χ4n) is 2.32. The van der Waals surface area contributed by atoms with Gasteiger partial charge >= 0.3 is 5.97 Å². The van der Waals surface area contributed by atoms with Crippen LogP contribution in [0.2, 0.25) is 0 Å². The predicted octanol–water partition coefficient (Wildman–Crippen LogP) is 2.79. The molecule has 2 rings (SSSR count). The number of allylic oxidation sites excluding steroid dienone is 1. The zero-order valence-corrected chi connectivity index (χ0v) is 14.6. The lowest BCUT2D eigenvalue weighted by molar-refractivity contribution is -0.135. The van der Waals surface area contributed by atoms with Crippen molar-refractivity contribution in [2.45, 2.75) is 38.1 Å². The normalized spacial score (nSPS) is 18.9. The standard InChI is InChI=1S/C17H22N2O4S/c1-17(2)10-11(17)14(21)19-12(16(22)23)6-3-4-9-24-15-13(20)7-5-8-18-15/h5-8,11,20H,3-4,9-10H2,1-2H3,(H,19,21)(H,22,23). The minimum Gasteiger partial charge on any atom is -0.505 e. The number of rotatable bonds is 8. The van der Waals surface area contributed by atoms with Crippen LogP contribution in [0.1, 0.15) is 33.1 Å². The summed E-state index contributed by atoms with van der Waals surface area (Å²) in [4.78, 5) is 27.3. The maximum atomic E-state index is 12.0. The first-order chi connectivity index (χ1) is 11.3. The number of hydrogen-bond donors (Lipinski definition) is 3. The fourth-order valence-corrected chi connectivity index (χ4v) is 3.17. The van der Waals surface area contributed by atoms with Gasteiger partial charge in [0.2, 0.25) is 5.91 Å². The van der Waals surface area contributed by atoms with Gasteiger partial charge in [-0.2, -0.15) is 0 Å². The van der Waals surface area contributed by atoms with Gasteiger partial charge in [-0.3, -0.25) is 4.79 Å². The maximum absolute atomic E-state index is 12.0. The van der Waals surface area contributed by atoms with Crippen molar-refractivity contribution in [1.82, 2.24) is 10.3 Å². The third-order valence-corrected chi connectivity index (χ3v) is 5.09. The predicted molar refractivity (Wildman–Crippen MR) is 91.6 cm³/mol. The van der Waals surface area contributed by atoms with E-state index in [-0.39, 0.29) is 28.7 Å². The van der Waals surface area contributed by atoms with Gasteiger partial charge in [0.15, 0.2) is 0 Å². The van der Waals surface area contributed by atoms with Gasteiger partial charge in [-0.15, -0.1) is 11.8 Å². The van der Waals surface area contributed by atoms with E-state index in [4.69, 9.17) is 0 Å². The molecule has 1 atom stereocenters. The van der Waals surface area contributed by atoms with Crippen LogP contribution >= 0.6 is 11.8 Å². The molecule has 0 spiro atoms. The van der Waals surface area contributed by atoms with E-state index in [1.54, 1.807) is 18.3 Å². The number of pyridine rings is 1. The third kappa shape index (κ3) is 4.99. The summed E-state index contributed by atoms with van der Waals surface area (Å²) in [5.41, 5.74) is -0.0944. The summed E-state index contributed by atoms with van der Waals surface area (Å²) in [6.07, 6.45) is 5.17. The summed E-state index contributed by atoms with van der Waals surface area (Å²) in [6.45, 7) is 3.98. The van der Waals surface area contributed by atoms with Crippen molar-refractivity contribution in [2.24, 2.45) is 11.3 Å². The highest BCUT2D eigenvalue weighted by atomic mass is 32.2. The summed E-state index contributed by atoms with van der Waals surface area (Å²) in [5.74, 6) is -0.623. The van der Waals surface area contributed by atoms with Crippen molar-refractivity contribution in [3.05, 3.63) is 30.1 Å². The molecule has 1 unspecified atom stereocenters. The zero-order chi connectivity index (χ0) is 17.7. The van der Waals surface area contributed by atoms with Crippen LogP contribution < -0.4 is 5.32 Å². The van der Waals surface area contributed by atoms with Gasteiger partial charge in [-0.05, 0) is 42.6 Å². The van der Waals surface area contributed by atoms with Gasteiger partial charge in [0.25, 0.3) is 0 Å². The molecule has 3 N–H and O–H groups in total. The Kier molecular flexibility index (Phi) is 5.88. The van der Waals surface area contributed by atoms with Gasteiger partial charge in [0, 0.05) is 12.1 Å². The zero-order valence-electron chi connectivity index (χ0n) is 13.8. The second-order valence-corrected chi connectivity index (χ2v) is 7.56. The molecular weight excluding hydrogens is 328 g/mol. The lowest BCUT2D eigenvalue weighted by Crippen LogP contribution is -2.29. The number of carbonyl (C=O) groups is 2. The Labute approximate surface area is 145 Å². The Balaban J connectivity index is 1.78. The Hall–Kier alpha value is -2.02. The van der Waals surface area contributed by atoms with E-state index in [0.29, 0.717) is 23.6 Å². The molecule has 0 saturated heterocycles. The number of unbranched alkanes of at least 4 members (excludes halogenated alkanes) is 1. The molecule has 0 bridgehead atoms. The first kappa shape index (κ1) is 18.3. The largest absolute Gasteiger partial charge is 0.505 e. The lowest BCUT2D eigenvalue weighted by atomic mass is 10.1. The molecule has 1 aliphatic carbocycles. The quantitative estimate of drug-likeness (QED) is 0.379. The third-order valence-electron chi connectivity index (χ3n) is 4.00. The van der Waals surface area contributed by atoms with Crippen molar-refractivity contribution in [3.8, 4) is 5.75 Å². The van der Waals surface area contributed by atoms with E-state index in [1.165, 1.54) is 17.8 Å². The maximum Gasteiger partial charge on any atom is 0.352 e. The lowest BCUT2D eigenvalue weighted by Gasteiger charge is -2.07. The topological polar surface area (TPSA) is 99.5 Å². The summed E-state index contributed by atoms with van der Waals surface area (Å²) in [7, 11) is 0. The number of carboxylic acids is 1.